The predicted molar refractivity (Wildman–Crippen MR) is 124 cm³/mol. The molecular formula is C21H31IN4O. The first kappa shape index (κ1) is 21.8. The minimum atomic E-state index is 0. The van der Waals surface area contributed by atoms with Gasteiger partial charge in [-0.3, -0.25) is 4.99 Å². The molecule has 0 aliphatic carbocycles. The van der Waals surface area contributed by atoms with E-state index >= 15 is 0 Å². The van der Waals surface area contributed by atoms with Gasteiger partial charge in [0.25, 0.3) is 0 Å². The van der Waals surface area contributed by atoms with Gasteiger partial charge in [-0.2, -0.15) is 0 Å². The van der Waals surface area contributed by atoms with Gasteiger partial charge in [0.15, 0.2) is 5.96 Å². The van der Waals surface area contributed by atoms with Crippen LogP contribution in [-0.4, -0.2) is 44.3 Å². The number of guanidine groups is 1. The molecule has 2 aromatic rings. The average molecular weight is 482 g/mol. The standard InChI is InChI=1S/C21H30N4O.HI/c1-3-17-5-4-6-19-18(15-25-20(17)19)8-12-24-21(22-2)23-11-7-16-9-13-26-14-10-16;/h4-6,9,15,25H,3,7-8,10-14H2,1-2H3,(H2,22,23,24);1H. The SMILES string of the molecule is CCc1cccc2c(CCNC(=NC)NCCC3=CCOCC3)c[nH]c12.I. The second-order valence-electron chi connectivity index (χ2n) is 6.62. The Balaban J connectivity index is 0.00000261. The van der Waals surface area contributed by atoms with Gasteiger partial charge < -0.3 is 20.4 Å². The normalized spacial score (nSPS) is 14.6. The van der Waals surface area contributed by atoms with Crippen molar-refractivity contribution in [2.75, 3.05) is 33.4 Å². The lowest BCUT2D eigenvalue weighted by Crippen LogP contribution is -2.38. The third-order valence-corrected chi connectivity index (χ3v) is 4.97. The molecule has 0 bridgehead atoms. The maximum absolute atomic E-state index is 5.35. The molecule has 1 aromatic heterocycles. The van der Waals surface area contributed by atoms with Crippen LogP contribution in [0.3, 0.4) is 0 Å². The van der Waals surface area contributed by atoms with Gasteiger partial charge in [-0.1, -0.05) is 36.8 Å². The molecule has 0 radical (unpaired) electrons. The molecule has 6 heteroatoms. The van der Waals surface area contributed by atoms with E-state index in [1.54, 1.807) is 0 Å². The van der Waals surface area contributed by atoms with Crippen LogP contribution in [-0.2, 0) is 17.6 Å². The van der Waals surface area contributed by atoms with Crippen molar-refractivity contribution in [3.8, 4) is 0 Å². The number of rotatable bonds is 7. The zero-order valence-electron chi connectivity index (χ0n) is 16.3. The van der Waals surface area contributed by atoms with Crippen molar-refractivity contribution >= 4 is 40.8 Å². The molecule has 5 nitrogen and oxygen atoms in total. The minimum absolute atomic E-state index is 0. The van der Waals surface area contributed by atoms with E-state index in [1.807, 2.05) is 7.05 Å². The summed E-state index contributed by atoms with van der Waals surface area (Å²) in [5, 5.41) is 8.16. The molecule has 0 saturated carbocycles. The van der Waals surface area contributed by atoms with Crippen LogP contribution in [0.5, 0.6) is 0 Å². The molecule has 0 amide bonds. The Labute approximate surface area is 179 Å². The summed E-state index contributed by atoms with van der Waals surface area (Å²) in [6.45, 7) is 5.57. The number of nitrogens with one attached hydrogen (secondary N) is 3. The summed E-state index contributed by atoms with van der Waals surface area (Å²) in [6, 6.07) is 6.55. The first-order chi connectivity index (χ1) is 12.8. The number of hydrogen-bond donors (Lipinski definition) is 3. The molecule has 1 aliphatic heterocycles. The Bertz CT molecular complexity index is 782. The van der Waals surface area contributed by atoms with Gasteiger partial charge in [0, 0.05) is 37.2 Å². The molecule has 0 fully saturated rings. The maximum Gasteiger partial charge on any atom is 0.190 e. The van der Waals surface area contributed by atoms with Crippen molar-refractivity contribution < 1.29 is 4.74 Å². The van der Waals surface area contributed by atoms with E-state index in [1.165, 1.54) is 27.6 Å². The summed E-state index contributed by atoms with van der Waals surface area (Å²) >= 11 is 0. The predicted octanol–water partition coefficient (Wildman–Crippen LogP) is 3.79. The van der Waals surface area contributed by atoms with E-state index in [0.29, 0.717) is 0 Å². The summed E-state index contributed by atoms with van der Waals surface area (Å²) in [5.74, 6) is 0.867. The Morgan fingerprint density at radius 3 is 2.70 bits per heavy atom. The van der Waals surface area contributed by atoms with Crippen LogP contribution in [0.1, 0.15) is 30.9 Å². The van der Waals surface area contributed by atoms with Crippen LogP contribution in [0.15, 0.2) is 41.0 Å². The van der Waals surface area contributed by atoms with E-state index in [9.17, 15) is 0 Å². The lowest BCUT2D eigenvalue weighted by atomic mass is 10.1. The number of nitrogens with zero attached hydrogens (tertiary/aromatic N) is 1. The third kappa shape index (κ3) is 5.97. The molecule has 0 spiro atoms. The summed E-state index contributed by atoms with van der Waals surface area (Å²) in [4.78, 5) is 7.76. The first-order valence-corrected chi connectivity index (χ1v) is 9.59. The van der Waals surface area contributed by atoms with Gasteiger partial charge in [-0.25, -0.2) is 0 Å². The van der Waals surface area contributed by atoms with Crippen molar-refractivity contribution in [2.24, 2.45) is 4.99 Å². The van der Waals surface area contributed by atoms with E-state index < -0.39 is 0 Å². The van der Waals surface area contributed by atoms with Gasteiger partial charge in [0.05, 0.1) is 13.2 Å². The lowest BCUT2D eigenvalue weighted by molar-refractivity contribution is 0.153. The van der Waals surface area contributed by atoms with Gasteiger partial charge in [-0.15, -0.1) is 24.0 Å². The average Bonchev–Trinajstić information content (AvgIpc) is 3.11. The number of aromatic nitrogens is 1. The molecule has 148 valence electrons. The molecule has 1 aromatic carbocycles. The number of aryl methyl sites for hydroxylation is 1. The highest BCUT2D eigenvalue weighted by Gasteiger charge is 2.07. The fourth-order valence-electron chi connectivity index (χ4n) is 3.45. The molecule has 0 saturated heterocycles. The monoisotopic (exact) mass is 482 g/mol. The topological polar surface area (TPSA) is 61.4 Å². The second-order valence-corrected chi connectivity index (χ2v) is 6.62. The largest absolute Gasteiger partial charge is 0.377 e. The van der Waals surface area contributed by atoms with E-state index in [2.05, 4.69) is 58.0 Å². The summed E-state index contributed by atoms with van der Waals surface area (Å²) < 4.78 is 5.35. The van der Waals surface area contributed by atoms with Crippen LogP contribution in [0.2, 0.25) is 0 Å². The number of ether oxygens (including phenoxy) is 1. The quantitative estimate of drug-likeness (QED) is 0.244. The van der Waals surface area contributed by atoms with Crippen LogP contribution < -0.4 is 10.6 Å². The fourth-order valence-corrected chi connectivity index (χ4v) is 3.45. The third-order valence-electron chi connectivity index (χ3n) is 4.97. The smallest absolute Gasteiger partial charge is 0.190 e. The molecule has 0 unspecified atom stereocenters. The number of aromatic amines is 1. The zero-order valence-corrected chi connectivity index (χ0v) is 18.6. The fraction of sp³-hybridized carbons (Fsp3) is 0.476. The number of fused-ring (bicyclic) bond motifs is 1. The van der Waals surface area contributed by atoms with Crippen molar-refractivity contribution in [1.29, 1.82) is 0 Å². The molecule has 3 N–H and O–H groups in total. The number of halogens is 1. The van der Waals surface area contributed by atoms with Crippen LogP contribution in [0.4, 0.5) is 0 Å². The molecule has 2 heterocycles. The zero-order chi connectivity index (χ0) is 18.2. The minimum Gasteiger partial charge on any atom is -0.377 e. The molecule has 1 aliphatic rings. The van der Waals surface area contributed by atoms with Crippen molar-refractivity contribution in [1.82, 2.24) is 15.6 Å². The number of benzene rings is 1. The number of hydrogen-bond acceptors (Lipinski definition) is 2. The van der Waals surface area contributed by atoms with Crippen LogP contribution >= 0.6 is 24.0 Å². The van der Waals surface area contributed by atoms with E-state index in [4.69, 9.17) is 4.74 Å². The van der Waals surface area contributed by atoms with E-state index in [0.717, 1.165) is 57.9 Å². The molecule has 3 rings (SSSR count). The Kier molecular flexibility index (Phi) is 9.14. The molecular weight excluding hydrogens is 451 g/mol. The summed E-state index contributed by atoms with van der Waals surface area (Å²) in [5.41, 5.74) is 5.48. The van der Waals surface area contributed by atoms with Crippen LogP contribution in [0, 0.1) is 0 Å². The number of aliphatic imine (C=N–C) groups is 1. The van der Waals surface area contributed by atoms with Crippen LogP contribution in [0.25, 0.3) is 10.9 Å². The van der Waals surface area contributed by atoms with Crippen molar-refractivity contribution in [2.45, 2.75) is 32.6 Å². The van der Waals surface area contributed by atoms with Gasteiger partial charge in [0.2, 0.25) is 0 Å². The molecule has 27 heavy (non-hydrogen) atoms. The van der Waals surface area contributed by atoms with Crippen molar-refractivity contribution in [3.63, 3.8) is 0 Å². The van der Waals surface area contributed by atoms with Gasteiger partial charge in [0.1, 0.15) is 0 Å². The molecule has 0 atom stereocenters. The summed E-state index contributed by atoms with van der Waals surface area (Å²) in [7, 11) is 1.82. The van der Waals surface area contributed by atoms with Gasteiger partial charge >= 0.3 is 0 Å². The lowest BCUT2D eigenvalue weighted by Gasteiger charge is -2.15. The second kappa shape index (κ2) is 11.3. The highest BCUT2D eigenvalue weighted by atomic mass is 127. The first-order valence-electron chi connectivity index (χ1n) is 9.59. The highest BCUT2D eigenvalue weighted by Crippen LogP contribution is 2.22. The Morgan fingerprint density at radius 1 is 1.19 bits per heavy atom. The number of para-hydroxylation sites is 1. The maximum atomic E-state index is 5.35. The van der Waals surface area contributed by atoms with E-state index in [-0.39, 0.29) is 24.0 Å². The van der Waals surface area contributed by atoms with Gasteiger partial charge in [-0.05, 0) is 36.8 Å². The number of H-pyrrole nitrogens is 1. The Hall–Kier alpha value is -1.54. The van der Waals surface area contributed by atoms with Crippen molar-refractivity contribution in [3.05, 3.63) is 47.2 Å². The summed E-state index contributed by atoms with van der Waals surface area (Å²) in [6.07, 6.45) is 8.45. The highest BCUT2D eigenvalue weighted by molar-refractivity contribution is 14.0. The Morgan fingerprint density at radius 2 is 2.00 bits per heavy atom.